The van der Waals surface area contributed by atoms with Crippen molar-refractivity contribution in [2.24, 2.45) is 0 Å². The molecule has 2 nitrogen and oxygen atoms in total. The summed E-state index contributed by atoms with van der Waals surface area (Å²) in [6.07, 6.45) is 4.71. The maximum Gasteiger partial charge on any atom is 0.122 e. The second-order valence-corrected chi connectivity index (χ2v) is 5.75. The van der Waals surface area contributed by atoms with Gasteiger partial charge >= 0.3 is 0 Å². The minimum Gasteiger partial charge on any atom is -0.493 e. The first kappa shape index (κ1) is 17.0. The fourth-order valence-electron chi connectivity index (χ4n) is 2.46. The zero-order valence-electron chi connectivity index (χ0n) is 13.9. The van der Waals surface area contributed by atoms with Crippen molar-refractivity contribution in [1.29, 1.82) is 0 Å². The lowest BCUT2D eigenvalue weighted by Crippen LogP contribution is -2.29. The van der Waals surface area contributed by atoms with Gasteiger partial charge in [0, 0.05) is 6.04 Å². The van der Waals surface area contributed by atoms with Crippen LogP contribution in [0.3, 0.4) is 0 Å². The lowest BCUT2D eigenvalue weighted by molar-refractivity contribution is 0.292. The predicted molar refractivity (Wildman–Crippen MR) is 87.8 cm³/mol. The third-order valence-electron chi connectivity index (χ3n) is 3.89. The van der Waals surface area contributed by atoms with E-state index in [0.717, 1.165) is 25.3 Å². The highest BCUT2D eigenvalue weighted by Crippen LogP contribution is 2.23. The van der Waals surface area contributed by atoms with E-state index in [1.54, 1.807) is 0 Å². The number of hydrogen-bond donors (Lipinski definition) is 1. The van der Waals surface area contributed by atoms with E-state index >= 15 is 0 Å². The molecule has 1 aromatic rings. The van der Waals surface area contributed by atoms with Gasteiger partial charge in [-0.2, -0.15) is 0 Å². The van der Waals surface area contributed by atoms with Gasteiger partial charge in [0.25, 0.3) is 0 Å². The van der Waals surface area contributed by atoms with Crippen LogP contribution in [0.2, 0.25) is 0 Å². The fraction of sp³-hybridized carbons (Fsp3) is 0.667. The summed E-state index contributed by atoms with van der Waals surface area (Å²) < 4.78 is 5.97. The molecule has 0 amide bonds. The van der Waals surface area contributed by atoms with Gasteiger partial charge in [-0.25, -0.2) is 0 Å². The third-order valence-corrected chi connectivity index (χ3v) is 3.89. The molecule has 0 spiro atoms. The summed E-state index contributed by atoms with van der Waals surface area (Å²) in [5.41, 5.74) is 3.86. The lowest BCUT2D eigenvalue weighted by atomic mass is 10.1. The Hall–Kier alpha value is -1.02. The Balaban J connectivity index is 2.37. The highest BCUT2D eigenvalue weighted by atomic mass is 16.5. The van der Waals surface area contributed by atoms with E-state index in [1.807, 2.05) is 0 Å². The van der Waals surface area contributed by atoms with Crippen molar-refractivity contribution in [3.05, 3.63) is 28.8 Å². The predicted octanol–water partition coefficient (Wildman–Crippen LogP) is 4.55. The summed E-state index contributed by atoms with van der Waals surface area (Å²) in [5.74, 6) is 1.05. The van der Waals surface area contributed by atoms with Crippen molar-refractivity contribution in [1.82, 2.24) is 5.32 Å². The van der Waals surface area contributed by atoms with Gasteiger partial charge in [0.15, 0.2) is 0 Å². The molecule has 1 unspecified atom stereocenters. The van der Waals surface area contributed by atoms with Gasteiger partial charge in [0.2, 0.25) is 0 Å². The van der Waals surface area contributed by atoms with Crippen LogP contribution >= 0.6 is 0 Å². The average Bonchev–Trinajstić information content (AvgIpc) is 2.43. The molecule has 0 heterocycles. The topological polar surface area (TPSA) is 21.3 Å². The van der Waals surface area contributed by atoms with E-state index in [-0.39, 0.29) is 0 Å². The number of hydrogen-bond acceptors (Lipinski definition) is 2. The number of aryl methyl sites for hydroxylation is 2. The summed E-state index contributed by atoms with van der Waals surface area (Å²) in [6.45, 7) is 12.8. The zero-order chi connectivity index (χ0) is 15.0. The summed E-state index contributed by atoms with van der Waals surface area (Å²) in [6, 6.07) is 5.00. The zero-order valence-corrected chi connectivity index (χ0v) is 13.9. The van der Waals surface area contributed by atoms with Crippen molar-refractivity contribution in [3.8, 4) is 5.75 Å². The van der Waals surface area contributed by atoms with Crippen LogP contribution in [0.4, 0.5) is 0 Å². The molecule has 0 bridgehead atoms. The van der Waals surface area contributed by atoms with Crippen LogP contribution in [-0.2, 0) is 0 Å². The molecule has 0 aromatic heterocycles. The second kappa shape index (κ2) is 9.02. The number of ether oxygens (including phenoxy) is 1. The quantitative estimate of drug-likeness (QED) is 0.669. The molecule has 114 valence electrons. The van der Waals surface area contributed by atoms with Gasteiger partial charge in [-0.3, -0.25) is 0 Å². The molecule has 0 aliphatic heterocycles. The van der Waals surface area contributed by atoms with Crippen LogP contribution in [0.15, 0.2) is 12.1 Å². The average molecular weight is 277 g/mol. The molecule has 0 saturated carbocycles. The van der Waals surface area contributed by atoms with Crippen LogP contribution in [-0.4, -0.2) is 19.2 Å². The Bertz CT molecular complexity index is 401. The molecule has 1 aromatic carbocycles. The molecule has 1 atom stereocenters. The Morgan fingerprint density at radius 2 is 1.90 bits per heavy atom. The number of rotatable bonds is 9. The summed E-state index contributed by atoms with van der Waals surface area (Å²) in [4.78, 5) is 0. The normalized spacial score (nSPS) is 12.4. The molecule has 1 rings (SSSR count). The van der Waals surface area contributed by atoms with E-state index in [0.29, 0.717) is 6.04 Å². The van der Waals surface area contributed by atoms with Crippen molar-refractivity contribution in [2.75, 3.05) is 13.2 Å². The van der Waals surface area contributed by atoms with Gasteiger partial charge < -0.3 is 10.1 Å². The Labute approximate surface area is 124 Å². The summed E-state index contributed by atoms with van der Waals surface area (Å²) in [7, 11) is 0. The van der Waals surface area contributed by atoms with Crippen molar-refractivity contribution in [2.45, 2.75) is 66.3 Å². The van der Waals surface area contributed by atoms with E-state index in [9.17, 15) is 0 Å². The first-order valence-corrected chi connectivity index (χ1v) is 8.02. The molecule has 1 N–H and O–H groups in total. The smallest absolute Gasteiger partial charge is 0.122 e. The molecule has 0 fully saturated rings. The number of benzene rings is 1. The maximum absolute atomic E-state index is 5.97. The lowest BCUT2D eigenvalue weighted by Gasteiger charge is -2.17. The Morgan fingerprint density at radius 1 is 1.15 bits per heavy atom. The van der Waals surface area contributed by atoms with E-state index < -0.39 is 0 Å². The first-order chi connectivity index (χ1) is 9.58. The Morgan fingerprint density at radius 3 is 2.55 bits per heavy atom. The van der Waals surface area contributed by atoms with Crippen LogP contribution in [0, 0.1) is 20.8 Å². The Kier molecular flexibility index (Phi) is 7.68. The van der Waals surface area contributed by atoms with E-state index in [4.69, 9.17) is 4.74 Å². The second-order valence-electron chi connectivity index (χ2n) is 5.75. The van der Waals surface area contributed by atoms with Crippen molar-refractivity contribution >= 4 is 0 Å². The molecule has 0 aliphatic carbocycles. The van der Waals surface area contributed by atoms with Crippen LogP contribution < -0.4 is 10.1 Å². The van der Waals surface area contributed by atoms with Gasteiger partial charge in [-0.05, 0) is 75.8 Å². The highest BCUT2D eigenvalue weighted by Gasteiger charge is 2.06. The molecule has 20 heavy (non-hydrogen) atoms. The fourth-order valence-corrected chi connectivity index (χ4v) is 2.46. The molecule has 0 aliphatic rings. The van der Waals surface area contributed by atoms with E-state index in [2.05, 4.69) is 52.1 Å². The van der Waals surface area contributed by atoms with Gasteiger partial charge in [0.1, 0.15) is 5.75 Å². The maximum atomic E-state index is 5.97. The van der Waals surface area contributed by atoms with Crippen LogP contribution in [0.5, 0.6) is 5.75 Å². The van der Waals surface area contributed by atoms with E-state index in [1.165, 1.54) is 36.0 Å². The minimum absolute atomic E-state index is 0.638. The molecule has 0 saturated heterocycles. The van der Waals surface area contributed by atoms with Gasteiger partial charge in [-0.1, -0.05) is 19.9 Å². The molecule has 2 heteroatoms. The summed E-state index contributed by atoms with van der Waals surface area (Å²) >= 11 is 0. The number of nitrogens with one attached hydrogen (secondary N) is 1. The van der Waals surface area contributed by atoms with Crippen LogP contribution in [0.25, 0.3) is 0 Å². The van der Waals surface area contributed by atoms with Gasteiger partial charge in [-0.15, -0.1) is 0 Å². The molecule has 0 radical (unpaired) electrons. The minimum atomic E-state index is 0.638. The monoisotopic (exact) mass is 277 g/mol. The first-order valence-electron chi connectivity index (χ1n) is 8.02. The molecular weight excluding hydrogens is 246 g/mol. The standard InChI is InChI=1S/C18H31NO/c1-6-10-19-17(7-2)9-8-11-20-18-13-14(3)12-15(4)16(18)5/h12-13,17,19H,6-11H2,1-5H3. The van der Waals surface area contributed by atoms with Crippen LogP contribution in [0.1, 0.15) is 56.2 Å². The SMILES string of the molecule is CCCNC(CC)CCCOc1cc(C)cc(C)c1C. The van der Waals surface area contributed by atoms with Gasteiger partial charge in [0.05, 0.1) is 6.61 Å². The summed E-state index contributed by atoms with van der Waals surface area (Å²) in [5, 5.41) is 3.59. The van der Waals surface area contributed by atoms with Crippen molar-refractivity contribution < 1.29 is 4.74 Å². The third kappa shape index (κ3) is 5.54. The molecular formula is C18H31NO. The largest absolute Gasteiger partial charge is 0.493 e. The van der Waals surface area contributed by atoms with Crippen molar-refractivity contribution in [3.63, 3.8) is 0 Å². The highest BCUT2D eigenvalue weighted by molar-refractivity contribution is 5.41.